The topological polar surface area (TPSA) is 138 Å². The van der Waals surface area contributed by atoms with Crippen LogP contribution in [0.15, 0.2) is 10.0 Å². The highest BCUT2D eigenvalue weighted by molar-refractivity contribution is 7.89. The van der Waals surface area contributed by atoms with Crippen molar-refractivity contribution in [2.24, 2.45) is 5.11 Å². The van der Waals surface area contributed by atoms with Gasteiger partial charge in [-0.05, 0) is 5.53 Å². The normalized spacial score (nSPS) is 12.0. The van der Waals surface area contributed by atoms with Crippen LogP contribution in [0.3, 0.4) is 0 Å². The van der Waals surface area contributed by atoms with Crippen molar-refractivity contribution in [2.75, 3.05) is 19.4 Å². The summed E-state index contributed by atoms with van der Waals surface area (Å²) in [4.78, 5) is -0.0702. The first-order valence-corrected chi connectivity index (χ1v) is 8.73. The van der Waals surface area contributed by atoms with Gasteiger partial charge in [-0.1, -0.05) is 5.11 Å². The van der Waals surface area contributed by atoms with Crippen molar-refractivity contribution >= 4 is 25.8 Å². The predicted octanol–water partition coefficient (Wildman–Crippen LogP) is 1.44. The molecular formula is C9H8F4N4O5S2. The number of rotatable bonds is 7. The molecule has 0 heterocycles. The van der Waals surface area contributed by atoms with Crippen molar-refractivity contribution in [1.29, 1.82) is 0 Å². The fourth-order valence-corrected chi connectivity index (χ4v) is 3.24. The second-order valence-electron chi connectivity index (χ2n) is 3.95. The lowest BCUT2D eigenvalue weighted by Gasteiger charge is -2.11. The lowest BCUT2D eigenvalue weighted by Crippen LogP contribution is -2.31. The zero-order valence-corrected chi connectivity index (χ0v) is 13.3. The molecule has 0 aliphatic carbocycles. The summed E-state index contributed by atoms with van der Waals surface area (Å²) >= 11 is 0. The first-order chi connectivity index (χ1) is 11.0. The second-order valence-corrected chi connectivity index (χ2v) is 7.51. The molecule has 1 N–H and O–H groups in total. The number of halogens is 4. The SMILES string of the molecule is COS(=O)(=O)CCNS(=O)(=O)c1c(F)c(F)c(N=[N+]=[N-])c(F)c1F. The van der Waals surface area contributed by atoms with E-state index in [-0.39, 0.29) is 0 Å². The molecule has 0 saturated heterocycles. The number of sulfonamides is 1. The molecule has 0 saturated carbocycles. The summed E-state index contributed by atoms with van der Waals surface area (Å²) in [7, 11) is -8.46. The van der Waals surface area contributed by atoms with Gasteiger partial charge >= 0.3 is 0 Å². The minimum Gasteiger partial charge on any atom is -0.273 e. The highest BCUT2D eigenvalue weighted by Gasteiger charge is 2.32. The number of nitrogens with zero attached hydrogens (tertiary/aromatic N) is 3. The van der Waals surface area contributed by atoms with Gasteiger partial charge in [-0.25, -0.2) is 30.7 Å². The molecule has 1 aromatic carbocycles. The zero-order chi connectivity index (χ0) is 18.7. The molecule has 0 radical (unpaired) electrons. The fourth-order valence-electron chi connectivity index (χ4n) is 1.42. The van der Waals surface area contributed by atoms with E-state index < -0.39 is 66.3 Å². The van der Waals surface area contributed by atoms with Crippen molar-refractivity contribution in [1.82, 2.24) is 4.72 Å². The molecule has 0 aliphatic heterocycles. The van der Waals surface area contributed by atoms with Crippen LogP contribution < -0.4 is 4.72 Å². The quantitative estimate of drug-likeness (QED) is 0.187. The molecule has 9 nitrogen and oxygen atoms in total. The summed E-state index contributed by atoms with van der Waals surface area (Å²) in [6.45, 7) is -0.890. The van der Waals surface area contributed by atoms with Gasteiger partial charge in [-0.2, -0.15) is 8.42 Å². The standard InChI is InChI=1S/C9H8F4N4O5S2/c1-22-23(18,19)3-2-15-24(20,21)9-6(12)4(10)8(16-17-14)5(11)7(9)13/h15H,2-3H2,1H3. The lowest BCUT2D eigenvalue weighted by molar-refractivity contribution is 0.397. The maximum atomic E-state index is 13.7. The third-order valence-electron chi connectivity index (χ3n) is 2.51. The van der Waals surface area contributed by atoms with Crippen molar-refractivity contribution in [3.63, 3.8) is 0 Å². The summed E-state index contributed by atoms with van der Waals surface area (Å²) < 4.78 is 106. The molecule has 0 spiro atoms. The average Bonchev–Trinajstić information content (AvgIpc) is 2.49. The molecule has 15 heteroatoms. The molecule has 134 valence electrons. The number of benzene rings is 1. The van der Waals surface area contributed by atoms with Gasteiger partial charge in [0.25, 0.3) is 10.1 Å². The van der Waals surface area contributed by atoms with Gasteiger partial charge in [0.15, 0.2) is 28.2 Å². The maximum absolute atomic E-state index is 13.7. The highest BCUT2D eigenvalue weighted by atomic mass is 32.2. The summed E-state index contributed by atoms with van der Waals surface area (Å²) in [5, 5.41) is 2.40. The van der Waals surface area contributed by atoms with Gasteiger partial charge in [0.2, 0.25) is 10.0 Å². The summed E-state index contributed by atoms with van der Waals surface area (Å²) in [6, 6.07) is 0. The van der Waals surface area contributed by atoms with Crippen molar-refractivity contribution < 1.29 is 38.6 Å². The Bertz CT molecular complexity index is 883. The Balaban J connectivity index is 3.33. The van der Waals surface area contributed by atoms with E-state index in [0.29, 0.717) is 0 Å². The third-order valence-corrected chi connectivity index (χ3v) is 5.20. The molecule has 24 heavy (non-hydrogen) atoms. The van der Waals surface area contributed by atoms with Crippen LogP contribution >= 0.6 is 0 Å². The fraction of sp³-hybridized carbons (Fsp3) is 0.333. The van der Waals surface area contributed by atoms with Crippen LogP contribution in [0.5, 0.6) is 0 Å². The number of hydrogen-bond acceptors (Lipinski definition) is 6. The Hall–Kier alpha value is -1.93. The van der Waals surface area contributed by atoms with E-state index in [4.69, 9.17) is 5.53 Å². The summed E-state index contributed by atoms with van der Waals surface area (Å²) in [6.07, 6.45) is 0. The molecular weight excluding hydrogens is 384 g/mol. The smallest absolute Gasteiger partial charge is 0.268 e. The van der Waals surface area contributed by atoms with E-state index in [1.54, 1.807) is 0 Å². The molecule has 0 atom stereocenters. The maximum Gasteiger partial charge on any atom is 0.268 e. The van der Waals surface area contributed by atoms with Crippen LogP contribution in [0.25, 0.3) is 10.4 Å². The molecule has 0 unspecified atom stereocenters. The van der Waals surface area contributed by atoms with E-state index >= 15 is 0 Å². The Labute approximate surface area is 133 Å². The van der Waals surface area contributed by atoms with E-state index in [9.17, 15) is 34.4 Å². The Kier molecular flexibility index (Phi) is 6.13. The highest BCUT2D eigenvalue weighted by Crippen LogP contribution is 2.32. The molecule has 0 aliphatic rings. The van der Waals surface area contributed by atoms with Crippen LogP contribution in [-0.4, -0.2) is 36.2 Å². The van der Waals surface area contributed by atoms with Crippen molar-refractivity contribution in [2.45, 2.75) is 4.90 Å². The van der Waals surface area contributed by atoms with Crippen LogP contribution in [-0.2, 0) is 24.3 Å². The molecule has 0 amide bonds. The first kappa shape index (κ1) is 20.1. The average molecular weight is 392 g/mol. The number of hydrogen-bond donors (Lipinski definition) is 1. The van der Waals surface area contributed by atoms with Gasteiger partial charge in [0.1, 0.15) is 5.69 Å². The van der Waals surface area contributed by atoms with E-state index in [1.807, 2.05) is 4.91 Å². The molecule has 0 bridgehead atoms. The first-order valence-electron chi connectivity index (χ1n) is 5.67. The third kappa shape index (κ3) is 4.12. The van der Waals surface area contributed by atoms with Crippen LogP contribution in [0, 0.1) is 23.3 Å². The molecule has 0 aromatic heterocycles. The summed E-state index contributed by atoms with van der Waals surface area (Å²) in [5.74, 6) is -10.0. The van der Waals surface area contributed by atoms with E-state index in [2.05, 4.69) is 9.30 Å². The van der Waals surface area contributed by atoms with Gasteiger partial charge in [0, 0.05) is 11.5 Å². The predicted molar refractivity (Wildman–Crippen MR) is 71.1 cm³/mol. The molecule has 0 fully saturated rings. The van der Waals surface area contributed by atoms with Gasteiger partial charge in [0.05, 0.1) is 12.9 Å². The minimum atomic E-state index is -5.16. The Morgan fingerprint density at radius 1 is 1.08 bits per heavy atom. The number of azide groups is 1. The second kappa shape index (κ2) is 7.31. The van der Waals surface area contributed by atoms with Crippen molar-refractivity contribution in [3.8, 4) is 0 Å². The molecule has 1 rings (SSSR count). The van der Waals surface area contributed by atoms with Gasteiger partial charge in [-0.15, -0.1) is 0 Å². The zero-order valence-electron chi connectivity index (χ0n) is 11.6. The lowest BCUT2D eigenvalue weighted by atomic mass is 10.2. The van der Waals surface area contributed by atoms with E-state index in [1.165, 1.54) is 4.72 Å². The van der Waals surface area contributed by atoms with Crippen LogP contribution in [0.4, 0.5) is 23.2 Å². The van der Waals surface area contributed by atoms with Gasteiger partial charge in [-0.3, -0.25) is 4.18 Å². The van der Waals surface area contributed by atoms with E-state index in [0.717, 1.165) is 7.11 Å². The van der Waals surface area contributed by atoms with Crippen LogP contribution in [0.2, 0.25) is 0 Å². The van der Waals surface area contributed by atoms with Crippen molar-refractivity contribution in [3.05, 3.63) is 33.7 Å². The van der Waals surface area contributed by atoms with Crippen LogP contribution in [0.1, 0.15) is 0 Å². The Morgan fingerprint density at radius 2 is 1.58 bits per heavy atom. The monoisotopic (exact) mass is 392 g/mol. The largest absolute Gasteiger partial charge is 0.273 e. The molecule has 1 aromatic rings. The number of nitrogens with one attached hydrogen (secondary N) is 1. The summed E-state index contributed by atoms with van der Waals surface area (Å²) in [5.41, 5.74) is 6.39. The Morgan fingerprint density at radius 3 is 2.00 bits per heavy atom. The minimum absolute atomic E-state index is 0.794. The van der Waals surface area contributed by atoms with Gasteiger partial charge < -0.3 is 0 Å².